The summed E-state index contributed by atoms with van der Waals surface area (Å²) in [5.41, 5.74) is 2.56. The summed E-state index contributed by atoms with van der Waals surface area (Å²) in [7, 11) is 0. The monoisotopic (exact) mass is 411 g/mol. The second-order valence-corrected chi connectivity index (χ2v) is 10.3. The summed E-state index contributed by atoms with van der Waals surface area (Å²) >= 11 is 0. The van der Waals surface area contributed by atoms with Crippen LogP contribution in [0.25, 0.3) is 0 Å². The largest absolute Gasteiger partial charge is 0.459 e. The van der Waals surface area contributed by atoms with E-state index in [2.05, 4.69) is 45.0 Å². The van der Waals surface area contributed by atoms with Gasteiger partial charge in [0, 0.05) is 18.3 Å². The highest BCUT2D eigenvalue weighted by atomic mass is 16.5. The Hall–Kier alpha value is -1.84. The maximum Gasteiger partial charge on any atom is 0.305 e. The number of carbonyl (C=O) groups is 2. The van der Waals surface area contributed by atoms with E-state index < -0.39 is 0 Å². The van der Waals surface area contributed by atoms with E-state index in [1.54, 1.807) is 6.92 Å². The number of ether oxygens (including phenoxy) is 1. The van der Waals surface area contributed by atoms with E-state index in [0.717, 1.165) is 24.2 Å². The van der Waals surface area contributed by atoms with Crippen molar-refractivity contribution in [3.63, 3.8) is 0 Å². The van der Waals surface area contributed by atoms with Crippen molar-refractivity contribution in [2.45, 2.75) is 77.7 Å². The Labute approximate surface area is 181 Å². The zero-order chi connectivity index (χ0) is 21.5. The molecule has 1 amide bonds. The molecule has 2 aliphatic carbocycles. The summed E-state index contributed by atoms with van der Waals surface area (Å²) in [6.07, 6.45) is 5.68. The van der Waals surface area contributed by atoms with Gasteiger partial charge in [0.1, 0.15) is 6.10 Å². The van der Waals surface area contributed by atoms with Crippen LogP contribution in [0.4, 0.5) is 0 Å². The molecule has 30 heavy (non-hydrogen) atoms. The number of amides is 1. The van der Waals surface area contributed by atoms with Crippen molar-refractivity contribution in [3.05, 3.63) is 35.4 Å². The van der Waals surface area contributed by atoms with Gasteiger partial charge in [-0.15, -0.1) is 0 Å². The van der Waals surface area contributed by atoms with Crippen LogP contribution in [0.2, 0.25) is 0 Å². The van der Waals surface area contributed by atoms with Crippen LogP contribution in [0, 0.1) is 30.6 Å². The Morgan fingerprint density at radius 2 is 1.83 bits per heavy atom. The van der Waals surface area contributed by atoms with E-state index in [-0.39, 0.29) is 23.4 Å². The van der Waals surface area contributed by atoms with Gasteiger partial charge in [0.2, 0.25) is 5.91 Å². The molecule has 1 saturated heterocycles. The summed E-state index contributed by atoms with van der Waals surface area (Å²) in [6, 6.07) is 8.97. The molecule has 0 N–H and O–H groups in total. The highest BCUT2D eigenvalue weighted by Gasteiger charge is 2.53. The second kappa shape index (κ2) is 8.36. The van der Waals surface area contributed by atoms with Gasteiger partial charge in [0.25, 0.3) is 0 Å². The fraction of sp³-hybridized carbons (Fsp3) is 0.692. The lowest BCUT2D eigenvalue weighted by atomic mass is 9.55. The van der Waals surface area contributed by atoms with Crippen LogP contribution < -0.4 is 0 Å². The second-order valence-electron chi connectivity index (χ2n) is 10.3. The van der Waals surface area contributed by atoms with Crippen molar-refractivity contribution in [1.29, 1.82) is 0 Å². The molecule has 1 aliphatic heterocycles. The Balaban J connectivity index is 1.56. The van der Waals surface area contributed by atoms with Gasteiger partial charge in [0.15, 0.2) is 0 Å². The minimum Gasteiger partial charge on any atom is -0.459 e. The summed E-state index contributed by atoms with van der Waals surface area (Å²) in [5, 5.41) is 0. The Kier molecular flexibility index (Phi) is 5.96. The number of benzene rings is 1. The minimum atomic E-state index is -0.174. The number of hydrogen-bond acceptors (Lipinski definition) is 3. The molecule has 0 spiro atoms. The van der Waals surface area contributed by atoms with Crippen LogP contribution in [0.5, 0.6) is 0 Å². The van der Waals surface area contributed by atoms with Crippen molar-refractivity contribution >= 4 is 11.9 Å². The molecule has 3 aliphatic rings. The van der Waals surface area contributed by atoms with Crippen LogP contribution in [0.3, 0.4) is 0 Å². The molecule has 4 unspecified atom stereocenters. The van der Waals surface area contributed by atoms with Gasteiger partial charge < -0.3 is 9.64 Å². The predicted octanol–water partition coefficient (Wildman–Crippen LogP) is 4.88. The molecule has 4 rings (SSSR count). The van der Waals surface area contributed by atoms with Crippen LogP contribution in [0.15, 0.2) is 24.3 Å². The number of fused-ring (bicyclic) bond motifs is 1. The molecule has 5 atom stereocenters. The Bertz CT molecular complexity index is 782. The summed E-state index contributed by atoms with van der Waals surface area (Å²) in [6.45, 7) is 9.83. The number of hydrogen-bond donors (Lipinski definition) is 0. The lowest BCUT2D eigenvalue weighted by Gasteiger charge is -2.50. The molecule has 0 aromatic heterocycles. The molecule has 0 bridgehead atoms. The predicted molar refractivity (Wildman–Crippen MR) is 118 cm³/mol. The molecule has 164 valence electrons. The first-order valence-corrected chi connectivity index (χ1v) is 11.9. The average molecular weight is 412 g/mol. The van der Waals surface area contributed by atoms with Crippen molar-refractivity contribution in [2.75, 3.05) is 13.1 Å². The van der Waals surface area contributed by atoms with E-state index in [4.69, 9.17) is 4.74 Å². The van der Waals surface area contributed by atoms with Gasteiger partial charge in [-0.25, -0.2) is 0 Å². The molecule has 1 heterocycles. The van der Waals surface area contributed by atoms with Gasteiger partial charge in [-0.2, -0.15) is 0 Å². The normalized spacial score (nSPS) is 33.7. The molecular weight excluding hydrogens is 374 g/mol. The standard InChI is InChI=1S/C26H37NO3/c1-5-25(29)30-21-15-27(16-21)24(28)14-26(20-8-6-17(2)7-9-20)11-10-19(4)22-12-18(3)13-23(22)26/h6-9,18-19,21-23H,5,10-16H2,1-4H3/t18?,19-,22?,23?,26?/m0/s1. The zero-order valence-corrected chi connectivity index (χ0v) is 19.0. The lowest BCUT2D eigenvalue weighted by molar-refractivity contribution is -0.164. The summed E-state index contributed by atoms with van der Waals surface area (Å²) in [5.74, 6) is 2.84. The quantitative estimate of drug-likeness (QED) is 0.649. The van der Waals surface area contributed by atoms with E-state index >= 15 is 0 Å². The average Bonchev–Trinajstić information content (AvgIpc) is 3.10. The highest BCUT2D eigenvalue weighted by molar-refractivity contribution is 5.79. The fourth-order valence-corrected chi connectivity index (χ4v) is 6.42. The van der Waals surface area contributed by atoms with Crippen LogP contribution >= 0.6 is 0 Å². The third-order valence-electron chi connectivity index (χ3n) is 8.21. The van der Waals surface area contributed by atoms with Crippen LogP contribution in [-0.2, 0) is 19.7 Å². The van der Waals surface area contributed by atoms with Crippen molar-refractivity contribution in [3.8, 4) is 0 Å². The van der Waals surface area contributed by atoms with Crippen LogP contribution in [0.1, 0.15) is 70.4 Å². The molecule has 4 heteroatoms. The Morgan fingerprint density at radius 3 is 2.50 bits per heavy atom. The van der Waals surface area contributed by atoms with Gasteiger partial charge >= 0.3 is 5.97 Å². The van der Waals surface area contributed by atoms with E-state index in [1.165, 1.54) is 30.4 Å². The highest BCUT2D eigenvalue weighted by Crippen LogP contribution is 2.58. The third kappa shape index (κ3) is 3.90. The number of rotatable bonds is 5. The molecular formula is C26H37NO3. The number of esters is 1. The maximum atomic E-state index is 13.4. The molecule has 4 nitrogen and oxygen atoms in total. The van der Waals surface area contributed by atoms with Crippen molar-refractivity contribution in [1.82, 2.24) is 4.90 Å². The molecule has 2 saturated carbocycles. The molecule has 1 aromatic carbocycles. The topological polar surface area (TPSA) is 46.6 Å². The van der Waals surface area contributed by atoms with Crippen molar-refractivity contribution < 1.29 is 14.3 Å². The smallest absolute Gasteiger partial charge is 0.305 e. The van der Waals surface area contributed by atoms with E-state index in [9.17, 15) is 9.59 Å². The van der Waals surface area contributed by atoms with Crippen LogP contribution in [-0.4, -0.2) is 36.0 Å². The van der Waals surface area contributed by atoms with Gasteiger partial charge in [-0.05, 0) is 61.8 Å². The molecule has 0 radical (unpaired) electrons. The first-order chi connectivity index (χ1) is 14.3. The van der Waals surface area contributed by atoms with Gasteiger partial charge in [0.05, 0.1) is 13.1 Å². The molecule has 3 fully saturated rings. The third-order valence-corrected chi connectivity index (χ3v) is 8.21. The lowest BCUT2D eigenvalue weighted by Crippen LogP contribution is -2.57. The zero-order valence-electron chi connectivity index (χ0n) is 19.0. The van der Waals surface area contributed by atoms with E-state index in [1.807, 2.05) is 4.90 Å². The summed E-state index contributed by atoms with van der Waals surface area (Å²) in [4.78, 5) is 26.8. The minimum absolute atomic E-state index is 0.0576. The fourth-order valence-electron chi connectivity index (χ4n) is 6.42. The number of likely N-dealkylation sites (tertiary alicyclic amines) is 1. The number of carbonyl (C=O) groups excluding carboxylic acids is 2. The number of nitrogens with zero attached hydrogens (tertiary/aromatic N) is 1. The van der Waals surface area contributed by atoms with Gasteiger partial charge in [-0.3, -0.25) is 9.59 Å². The number of aryl methyl sites for hydroxylation is 1. The van der Waals surface area contributed by atoms with Crippen molar-refractivity contribution in [2.24, 2.45) is 23.7 Å². The first-order valence-electron chi connectivity index (χ1n) is 11.9. The maximum absolute atomic E-state index is 13.4. The first kappa shape index (κ1) is 21.4. The molecule has 1 aromatic rings. The SMILES string of the molecule is CCC(=O)OC1CN(C(=O)CC2(c3ccc(C)cc3)CC[C@H](C)C3CC(C)CC32)C1. The summed E-state index contributed by atoms with van der Waals surface area (Å²) < 4.78 is 5.39. The van der Waals surface area contributed by atoms with Gasteiger partial charge in [-0.1, -0.05) is 50.6 Å². The van der Waals surface area contributed by atoms with E-state index in [0.29, 0.717) is 31.8 Å². The Morgan fingerprint density at radius 1 is 1.13 bits per heavy atom.